The molecule has 0 aliphatic heterocycles. The molecule has 1 aromatic carbocycles. The van der Waals surface area contributed by atoms with Crippen LogP contribution in [0.3, 0.4) is 0 Å². The third-order valence-electron chi connectivity index (χ3n) is 2.19. The van der Waals surface area contributed by atoms with Gasteiger partial charge in [0.25, 0.3) is 0 Å². The van der Waals surface area contributed by atoms with Crippen LogP contribution in [0.15, 0.2) is 64.9 Å². The first-order valence-electron chi connectivity index (χ1n) is 5.75. The van der Waals surface area contributed by atoms with E-state index in [-0.39, 0.29) is 5.91 Å². The van der Waals surface area contributed by atoms with Gasteiger partial charge in [-0.25, -0.2) is 10.4 Å². The summed E-state index contributed by atoms with van der Waals surface area (Å²) in [6.07, 6.45) is 3.32. The van der Waals surface area contributed by atoms with E-state index < -0.39 is 0 Å². The molecule has 0 fully saturated rings. The molecule has 2 aromatic rings. The normalized spacial score (nSPS) is 10.5. The molecule has 0 saturated carbocycles. The summed E-state index contributed by atoms with van der Waals surface area (Å²) in [7, 11) is 0. The van der Waals surface area contributed by atoms with Gasteiger partial charge in [-0.05, 0) is 17.7 Å². The number of hydrogen-bond acceptors (Lipinski definition) is 4. The highest BCUT2D eigenvalue weighted by Gasteiger charge is 2.01. The number of pyridine rings is 1. The van der Waals surface area contributed by atoms with Gasteiger partial charge in [0.05, 0.1) is 17.0 Å². The Balaban J connectivity index is 1.75. The molecule has 1 amide bonds. The molecule has 96 valence electrons. The number of thioether (sulfide) groups is 1. The van der Waals surface area contributed by atoms with Gasteiger partial charge in [-0.1, -0.05) is 48.2 Å². The fraction of sp³-hybridized carbons (Fsp3) is 0.0714. The smallest absolute Gasteiger partial charge is 0.250 e. The number of amides is 1. The SMILES string of the molecule is O=C(CSc1ccccn1)N/N=C/c1ccccc1. The first-order valence-corrected chi connectivity index (χ1v) is 6.74. The van der Waals surface area contributed by atoms with E-state index in [1.54, 1.807) is 12.4 Å². The minimum Gasteiger partial charge on any atom is -0.272 e. The van der Waals surface area contributed by atoms with Crippen LogP contribution < -0.4 is 5.43 Å². The summed E-state index contributed by atoms with van der Waals surface area (Å²) in [5.41, 5.74) is 3.43. The molecular formula is C14H13N3OS. The fourth-order valence-electron chi connectivity index (χ4n) is 1.32. The van der Waals surface area contributed by atoms with Crippen LogP contribution in [0.4, 0.5) is 0 Å². The van der Waals surface area contributed by atoms with Crippen molar-refractivity contribution in [3.05, 3.63) is 60.3 Å². The molecule has 0 aliphatic carbocycles. The molecule has 1 aromatic heterocycles. The summed E-state index contributed by atoms with van der Waals surface area (Å²) in [4.78, 5) is 15.7. The van der Waals surface area contributed by atoms with Crippen LogP contribution in [-0.2, 0) is 4.79 Å². The molecular weight excluding hydrogens is 258 g/mol. The van der Waals surface area contributed by atoms with E-state index in [9.17, 15) is 4.79 Å². The van der Waals surface area contributed by atoms with Gasteiger partial charge >= 0.3 is 0 Å². The Bertz CT molecular complexity index is 543. The van der Waals surface area contributed by atoms with E-state index >= 15 is 0 Å². The van der Waals surface area contributed by atoms with Crippen LogP contribution in [-0.4, -0.2) is 22.9 Å². The third kappa shape index (κ3) is 4.93. The van der Waals surface area contributed by atoms with E-state index in [0.717, 1.165) is 10.6 Å². The molecule has 0 unspecified atom stereocenters. The molecule has 0 radical (unpaired) electrons. The van der Waals surface area contributed by atoms with Crippen LogP contribution in [0.2, 0.25) is 0 Å². The number of carbonyl (C=O) groups excluding carboxylic acids is 1. The number of benzene rings is 1. The van der Waals surface area contributed by atoms with Crippen molar-refractivity contribution in [2.75, 3.05) is 5.75 Å². The fourth-order valence-corrected chi connectivity index (χ4v) is 1.98. The van der Waals surface area contributed by atoms with E-state index in [4.69, 9.17) is 0 Å². The number of carbonyl (C=O) groups is 1. The van der Waals surface area contributed by atoms with Crippen molar-refractivity contribution >= 4 is 23.9 Å². The minimum atomic E-state index is -0.150. The predicted octanol–water partition coefficient (Wildman–Crippen LogP) is 2.32. The van der Waals surface area contributed by atoms with Gasteiger partial charge < -0.3 is 0 Å². The number of aromatic nitrogens is 1. The quantitative estimate of drug-likeness (QED) is 0.516. The molecule has 0 aliphatic rings. The number of nitrogens with zero attached hydrogens (tertiary/aromatic N) is 2. The molecule has 0 bridgehead atoms. The summed E-state index contributed by atoms with van der Waals surface area (Å²) in [5, 5.41) is 4.72. The average molecular weight is 271 g/mol. The van der Waals surface area contributed by atoms with Crippen molar-refractivity contribution in [1.82, 2.24) is 10.4 Å². The van der Waals surface area contributed by atoms with Crippen LogP contribution in [0.1, 0.15) is 5.56 Å². The van der Waals surface area contributed by atoms with E-state index in [1.165, 1.54) is 11.8 Å². The van der Waals surface area contributed by atoms with Crippen LogP contribution in [0.25, 0.3) is 0 Å². The number of nitrogens with one attached hydrogen (secondary N) is 1. The van der Waals surface area contributed by atoms with Gasteiger partial charge in [-0.2, -0.15) is 5.10 Å². The van der Waals surface area contributed by atoms with Crippen LogP contribution >= 0.6 is 11.8 Å². The molecule has 0 saturated heterocycles. The Morgan fingerprint density at radius 1 is 1.21 bits per heavy atom. The van der Waals surface area contributed by atoms with Crippen LogP contribution in [0.5, 0.6) is 0 Å². The average Bonchev–Trinajstić information content (AvgIpc) is 2.47. The molecule has 0 atom stereocenters. The number of rotatable bonds is 5. The molecule has 1 N–H and O–H groups in total. The second-order valence-electron chi connectivity index (χ2n) is 3.66. The zero-order valence-electron chi connectivity index (χ0n) is 10.2. The van der Waals surface area contributed by atoms with E-state index in [2.05, 4.69) is 15.5 Å². The predicted molar refractivity (Wildman–Crippen MR) is 77.1 cm³/mol. The van der Waals surface area contributed by atoms with Gasteiger partial charge in [0.2, 0.25) is 5.91 Å². The van der Waals surface area contributed by atoms with Crippen molar-refractivity contribution in [2.24, 2.45) is 5.10 Å². The van der Waals surface area contributed by atoms with E-state index in [1.807, 2.05) is 48.5 Å². The monoisotopic (exact) mass is 271 g/mol. The Hall–Kier alpha value is -2.14. The van der Waals surface area contributed by atoms with Crippen molar-refractivity contribution in [3.63, 3.8) is 0 Å². The zero-order valence-corrected chi connectivity index (χ0v) is 11.0. The third-order valence-corrected chi connectivity index (χ3v) is 3.14. The topological polar surface area (TPSA) is 54.4 Å². The van der Waals surface area contributed by atoms with Gasteiger partial charge in [-0.15, -0.1) is 0 Å². The highest BCUT2D eigenvalue weighted by Crippen LogP contribution is 2.12. The summed E-state index contributed by atoms with van der Waals surface area (Å²) in [5.74, 6) is 0.145. The van der Waals surface area contributed by atoms with Gasteiger partial charge in [-0.3, -0.25) is 4.79 Å². The van der Waals surface area contributed by atoms with Crippen molar-refractivity contribution in [3.8, 4) is 0 Å². The minimum absolute atomic E-state index is 0.150. The Morgan fingerprint density at radius 3 is 2.74 bits per heavy atom. The lowest BCUT2D eigenvalue weighted by atomic mass is 10.2. The second kappa shape index (κ2) is 7.33. The van der Waals surface area contributed by atoms with Crippen molar-refractivity contribution < 1.29 is 4.79 Å². The first-order chi connectivity index (χ1) is 9.34. The zero-order chi connectivity index (χ0) is 13.3. The molecule has 0 spiro atoms. The Morgan fingerprint density at radius 2 is 2.00 bits per heavy atom. The lowest BCUT2D eigenvalue weighted by molar-refractivity contribution is -0.118. The highest BCUT2D eigenvalue weighted by atomic mass is 32.2. The molecule has 1 heterocycles. The largest absolute Gasteiger partial charge is 0.272 e. The molecule has 5 heteroatoms. The first kappa shape index (κ1) is 13.3. The second-order valence-corrected chi connectivity index (χ2v) is 4.66. The Kier molecular flexibility index (Phi) is 5.13. The number of hydrogen-bond donors (Lipinski definition) is 1. The van der Waals surface area contributed by atoms with Crippen molar-refractivity contribution in [2.45, 2.75) is 5.03 Å². The maximum Gasteiger partial charge on any atom is 0.250 e. The summed E-state index contributed by atoms with van der Waals surface area (Å²) >= 11 is 1.38. The van der Waals surface area contributed by atoms with Gasteiger partial charge in [0.15, 0.2) is 0 Å². The standard InChI is InChI=1S/C14H13N3OS/c18-13(11-19-14-8-4-5-9-15-14)17-16-10-12-6-2-1-3-7-12/h1-10H,11H2,(H,17,18)/b16-10+. The van der Waals surface area contributed by atoms with Crippen LogP contribution in [0, 0.1) is 0 Å². The summed E-state index contributed by atoms with van der Waals surface area (Å²) < 4.78 is 0. The van der Waals surface area contributed by atoms with Gasteiger partial charge in [0, 0.05) is 6.20 Å². The van der Waals surface area contributed by atoms with E-state index in [0.29, 0.717) is 5.75 Å². The molecule has 2 rings (SSSR count). The maximum absolute atomic E-state index is 11.5. The maximum atomic E-state index is 11.5. The van der Waals surface area contributed by atoms with Crippen molar-refractivity contribution in [1.29, 1.82) is 0 Å². The molecule has 4 nitrogen and oxygen atoms in total. The number of hydrazone groups is 1. The summed E-state index contributed by atoms with van der Waals surface area (Å²) in [6.45, 7) is 0. The summed E-state index contributed by atoms with van der Waals surface area (Å²) in [6, 6.07) is 15.2. The molecule has 19 heavy (non-hydrogen) atoms. The lowest BCUT2D eigenvalue weighted by Crippen LogP contribution is -2.19. The van der Waals surface area contributed by atoms with Gasteiger partial charge in [0.1, 0.15) is 0 Å². The Labute approximate surface area is 116 Å². The lowest BCUT2D eigenvalue weighted by Gasteiger charge is -1.99. The highest BCUT2D eigenvalue weighted by molar-refractivity contribution is 7.99.